The zero-order chi connectivity index (χ0) is 12.7. The molecule has 1 fully saturated rings. The predicted molar refractivity (Wildman–Crippen MR) is 69.7 cm³/mol. The second kappa shape index (κ2) is 7.00. The minimum Gasteiger partial charge on any atom is -0.394 e. The van der Waals surface area contributed by atoms with Crippen molar-refractivity contribution in [1.29, 1.82) is 0 Å². The summed E-state index contributed by atoms with van der Waals surface area (Å²) in [4.78, 5) is 11.6. The molecule has 0 radical (unpaired) electrons. The number of carbonyl (C=O) groups excluding carboxylic acids is 1. The highest BCUT2D eigenvalue weighted by molar-refractivity contribution is 5.76. The van der Waals surface area contributed by atoms with Crippen LogP contribution >= 0.6 is 0 Å². The van der Waals surface area contributed by atoms with Crippen LogP contribution < -0.4 is 5.32 Å². The highest BCUT2D eigenvalue weighted by Crippen LogP contribution is 2.53. The summed E-state index contributed by atoms with van der Waals surface area (Å²) < 4.78 is 0. The van der Waals surface area contributed by atoms with E-state index in [0.717, 1.165) is 6.42 Å². The topological polar surface area (TPSA) is 49.3 Å². The Kier molecular flexibility index (Phi) is 5.96. The zero-order valence-corrected chi connectivity index (χ0v) is 11.3. The maximum Gasteiger partial charge on any atom is 0.220 e. The highest BCUT2D eigenvalue weighted by Gasteiger charge is 2.41. The van der Waals surface area contributed by atoms with E-state index in [1.54, 1.807) is 0 Å². The minimum atomic E-state index is -0.113. The number of hydrogen-bond acceptors (Lipinski definition) is 2. The van der Waals surface area contributed by atoms with E-state index in [9.17, 15) is 4.79 Å². The van der Waals surface area contributed by atoms with Crippen LogP contribution in [0.5, 0.6) is 0 Å². The first kappa shape index (κ1) is 14.5. The summed E-state index contributed by atoms with van der Waals surface area (Å²) >= 11 is 0. The van der Waals surface area contributed by atoms with E-state index >= 15 is 0 Å². The lowest BCUT2D eigenvalue weighted by molar-refractivity contribution is -0.122. The molecular formula is C14H27NO2. The SMILES string of the molecule is CCCCCC1(CCC(=O)NC(C)CO)CC1. The van der Waals surface area contributed by atoms with Crippen molar-refractivity contribution >= 4 is 5.91 Å². The third-order valence-corrected chi connectivity index (χ3v) is 3.83. The van der Waals surface area contributed by atoms with Crippen molar-refractivity contribution in [2.75, 3.05) is 6.61 Å². The molecule has 3 nitrogen and oxygen atoms in total. The van der Waals surface area contributed by atoms with Gasteiger partial charge in [0.2, 0.25) is 5.91 Å². The van der Waals surface area contributed by atoms with Crippen molar-refractivity contribution in [1.82, 2.24) is 5.32 Å². The van der Waals surface area contributed by atoms with Gasteiger partial charge in [-0.05, 0) is 38.0 Å². The molecule has 0 aromatic heterocycles. The Morgan fingerprint density at radius 2 is 2.06 bits per heavy atom. The molecular weight excluding hydrogens is 214 g/mol. The van der Waals surface area contributed by atoms with E-state index in [4.69, 9.17) is 5.11 Å². The number of rotatable bonds is 9. The summed E-state index contributed by atoms with van der Waals surface area (Å²) in [5.74, 6) is 0.0910. The lowest BCUT2D eigenvalue weighted by atomic mass is 9.93. The minimum absolute atomic E-state index is 0.0212. The van der Waals surface area contributed by atoms with Crippen LogP contribution in [0.3, 0.4) is 0 Å². The molecule has 1 atom stereocenters. The molecule has 100 valence electrons. The van der Waals surface area contributed by atoms with Crippen LogP contribution in [0.4, 0.5) is 0 Å². The second-order valence-corrected chi connectivity index (χ2v) is 5.61. The van der Waals surface area contributed by atoms with Crippen LogP contribution in [0.2, 0.25) is 0 Å². The first-order valence-electron chi connectivity index (χ1n) is 7.02. The molecule has 0 spiro atoms. The summed E-state index contributed by atoms with van der Waals surface area (Å²) in [5, 5.41) is 11.7. The molecule has 1 amide bonds. The van der Waals surface area contributed by atoms with E-state index in [1.807, 2.05) is 6.92 Å². The van der Waals surface area contributed by atoms with Crippen LogP contribution in [0.15, 0.2) is 0 Å². The average molecular weight is 241 g/mol. The molecule has 3 heteroatoms. The van der Waals surface area contributed by atoms with Crippen LogP contribution in [0.25, 0.3) is 0 Å². The molecule has 0 bridgehead atoms. The van der Waals surface area contributed by atoms with E-state index in [0.29, 0.717) is 11.8 Å². The molecule has 0 aliphatic heterocycles. The van der Waals surface area contributed by atoms with Crippen molar-refractivity contribution in [2.24, 2.45) is 5.41 Å². The smallest absolute Gasteiger partial charge is 0.220 e. The van der Waals surface area contributed by atoms with Crippen LogP contribution in [-0.4, -0.2) is 23.7 Å². The Morgan fingerprint density at radius 1 is 1.35 bits per heavy atom. The van der Waals surface area contributed by atoms with Gasteiger partial charge < -0.3 is 10.4 Å². The largest absolute Gasteiger partial charge is 0.394 e. The lowest BCUT2D eigenvalue weighted by Gasteiger charge is -2.16. The molecule has 1 aliphatic carbocycles. The summed E-state index contributed by atoms with van der Waals surface area (Å²) in [6.45, 7) is 4.07. The predicted octanol–water partition coefficient (Wildman–Crippen LogP) is 2.62. The van der Waals surface area contributed by atoms with Crippen LogP contribution in [-0.2, 0) is 4.79 Å². The third-order valence-electron chi connectivity index (χ3n) is 3.83. The van der Waals surface area contributed by atoms with Gasteiger partial charge in [0.05, 0.1) is 6.61 Å². The fourth-order valence-electron chi connectivity index (χ4n) is 2.32. The van der Waals surface area contributed by atoms with Gasteiger partial charge in [-0.2, -0.15) is 0 Å². The molecule has 0 saturated heterocycles. The van der Waals surface area contributed by atoms with Crippen molar-refractivity contribution in [3.05, 3.63) is 0 Å². The standard InChI is InChI=1S/C14H27NO2/c1-3-4-5-7-14(9-10-14)8-6-13(17)15-12(2)11-16/h12,16H,3-11H2,1-2H3,(H,15,17). The van der Waals surface area contributed by atoms with Gasteiger partial charge in [-0.3, -0.25) is 4.79 Å². The summed E-state index contributed by atoms with van der Waals surface area (Å²) in [7, 11) is 0. The Balaban J connectivity index is 2.14. The fraction of sp³-hybridized carbons (Fsp3) is 0.929. The van der Waals surface area contributed by atoms with Crippen LogP contribution in [0.1, 0.15) is 65.2 Å². The Hall–Kier alpha value is -0.570. The number of carbonyl (C=O) groups is 1. The molecule has 2 N–H and O–H groups in total. The maximum absolute atomic E-state index is 11.6. The number of amides is 1. The fourth-order valence-corrected chi connectivity index (χ4v) is 2.32. The van der Waals surface area contributed by atoms with Gasteiger partial charge in [0.25, 0.3) is 0 Å². The van der Waals surface area contributed by atoms with Gasteiger partial charge in [0.15, 0.2) is 0 Å². The Labute approximate surface area is 105 Å². The van der Waals surface area contributed by atoms with Crippen molar-refractivity contribution in [3.8, 4) is 0 Å². The highest BCUT2D eigenvalue weighted by atomic mass is 16.3. The summed E-state index contributed by atoms with van der Waals surface area (Å²) in [5.41, 5.74) is 0.495. The first-order chi connectivity index (χ1) is 8.12. The normalized spacial score (nSPS) is 18.8. The van der Waals surface area contributed by atoms with E-state index in [-0.39, 0.29) is 18.6 Å². The van der Waals surface area contributed by atoms with Crippen molar-refractivity contribution in [2.45, 2.75) is 71.3 Å². The van der Waals surface area contributed by atoms with Gasteiger partial charge in [0, 0.05) is 12.5 Å². The maximum atomic E-state index is 11.6. The number of aliphatic hydroxyl groups is 1. The average Bonchev–Trinajstić information content (AvgIpc) is 3.07. The lowest BCUT2D eigenvalue weighted by Crippen LogP contribution is -2.35. The van der Waals surface area contributed by atoms with Gasteiger partial charge in [-0.25, -0.2) is 0 Å². The summed E-state index contributed by atoms with van der Waals surface area (Å²) in [6.07, 6.45) is 9.45. The second-order valence-electron chi connectivity index (χ2n) is 5.61. The molecule has 1 aliphatic rings. The number of nitrogens with one attached hydrogen (secondary N) is 1. The molecule has 0 aromatic carbocycles. The van der Waals surface area contributed by atoms with Gasteiger partial charge in [0.1, 0.15) is 0 Å². The van der Waals surface area contributed by atoms with E-state index in [2.05, 4.69) is 12.2 Å². The molecule has 17 heavy (non-hydrogen) atoms. The number of unbranched alkanes of at least 4 members (excludes halogenated alkanes) is 2. The van der Waals surface area contributed by atoms with Crippen molar-refractivity contribution in [3.63, 3.8) is 0 Å². The molecule has 1 saturated carbocycles. The zero-order valence-electron chi connectivity index (χ0n) is 11.3. The van der Waals surface area contributed by atoms with E-state index in [1.165, 1.54) is 38.5 Å². The third kappa shape index (κ3) is 5.53. The number of hydrogen-bond donors (Lipinski definition) is 2. The Bertz CT molecular complexity index is 236. The monoisotopic (exact) mass is 241 g/mol. The molecule has 1 unspecified atom stereocenters. The Morgan fingerprint density at radius 3 is 2.59 bits per heavy atom. The molecule has 0 aromatic rings. The quantitative estimate of drug-likeness (QED) is 0.610. The van der Waals surface area contributed by atoms with Gasteiger partial charge in [-0.1, -0.05) is 26.2 Å². The number of aliphatic hydroxyl groups excluding tert-OH is 1. The van der Waals surface area contributed by atoms with E-state index < -0.39 is 0 Å². The van der Waals surface area contributed by atoms with Crippen LogP contribution in [0, 0.1) is 5.41 Å². The molecule has 0 heterocycles. The van der Waals surface area contributed by atoms with Gasteiger partial charge in [-0.15, -0.1) is 0 Å². The van der Waals surface area contributed by atoms with Crippen molar-refractivity contribution < 1.29 is 9.90 Å². The van der Waals surface area contributed by atoms with Gasteiger partial charge >= 0.3 is 0 Å². The summed E-state index contributed by atoms with van der Waals surface area (Å²) in [6, 6.07) is -0.113. The molecule has 1 rings (SSSR count). The first-order valence-corrected chi connectivity index (χ1v) is 7.02.